The molecule has 1 aromatic rings. The summed E-state index contributed by atoms with van der Waals surface area (Å²) >= 11 is 6.28. The second-order valence-corrected chi connectivity index (χ2v) is 11.4. The molecular formula is C25H32ClN3O6S. The lowest BCUT2D eigenvalue weighted by Gasteiger charge is -2.37. The number of carbonyl (C=O) groups excluding carboxylic acids is 1. The fraction of sp³-hybridized carbons (Fsp3) is 0.480. The van der Waals surface area contributed by atoms with Gasteiger partial charge in [0, 0.05) is 29.7 Å². The summed E-state index contributed by atoms with van der Waals surface area (Å²) in [7, 11) is -3.38. The highest BCUT2D eigenvalue weighted by molar-refractivity contribution is 7.89. The molecule has 0 spiro atoms. The number of aliphatic hydroxyl groups excluding tert-OH is 1. The molecule has 3 N–H and O–H groups in total. The molecule has 2 aliphatic heterocycles. The first-order chi connectivity index (χ1) is 17.2. The Labute approximate surface area is 216 Å². The number of rotatable bonds is 9. The van der Waals surface area contributed by atoms with Gasteiger partial charge >= 0.3 is 6.09 Å². The third-order valence-electron chi connectivity index (χ3n) is 6.53. The number of carbonyl (C=O) groups is 1. The molecule has 1 aliphatic carbocycles. The van der Waals surface area contributed by atoms with Gasteiger partial charge in [0.05, 0.1) is 18.4 Å². The molecule has 4 rings (SSSR count). The molecule has 4 atom stereocenters. The number of nitrogens with zero attached hydrogens (tertiary/aromatic N) is 1. The number of nitrogens with one attached hydrogen (secondary N) is 2. The predicted molar refractivity (Wildman–Crippen MR) is 137 cm³/mol. The van der Waals surface area contributed by atoms with E-state index < -0.39 is 16.1 Å². The molecule has 196 valence electrons. The molecule has 0 bridgehead atoms. The zero-order chi connectivity index (χ0) is 25.9. The van der Waals surface area contributed by atoms with E-state index in [-0.39, 0.29) is 49.6 Å². The SMILES string of the molecule is CCOC(=O)N1CCC2=C(NC3C=CC(Cl)=CC23)C1c1ccc(OCC(O)CNS(=O)(=O)CC)cc1. The molecule has 9 nitrogen and oxygen atoms in total. The van der Waals surface area contributed by atoms with Crippen molar-refractivity contribution in [2.75, 3.05) is 32.1 Å². The predicted octanol–water partition coefficient (Wildman–Crippen LogP) is 2.80. The van der Waals surface area contributed by atoms with Crippen LogP contribution in [0.1, 0.15) is 31.9 Å². The summed E-state index contributed by atoms with van der Waals surface area (Å²) < 4.78 is 36.4. The first-order valence-corrected chi connectivity index (χ1v) is 14.1. The van der Waals surface area contributed by atoms with E-state index in [1.807, 2.05) is 18.2 Å². The number of hydrogen-bond acceptors (Lipinski definition) is 7. The van der Waals surface area contributed by atoms with Crippen LogP contribution >= 0.6 is 11.6 Å². The molecule has 0 saturated heterocycles. The highest BCUT2D eigenvalue weighted by Gasteiger charge is 2.43. The molecule has 0 fully saturated rings. The lowest BCUT2D eigenvalue weighted by Crippen LogP contribution is -2.42. The third-order valence-corrected chi connectivity index (χ3v) is 8.14. The van der Waals surface area contributed by atoms with Gasteiger partial charge in [-0.25, -0.2) is 17.9 Å². The van der Waals surface area contributed by atoms with Crippen molar-refractivity contribution in [2.24, 2.45) is 5.92 Å². The lowest BCUT2D eigenvalue weighted by atomic mass is 9.85. The second kappa shape index (κ2) is 11.2. The van der Waals surface area contributed by atoms with Crippen LogP contribution in [0.4, 0.5) is 4.79 Å². The highest BCUT2D eigenvalue weighted by atomic mass is 35.5. The monoisotopic (exact) mass is 537 g/mol. The average Bonchev–Trinajstić information content (AvgIpc) is 3.24. The second-order valence-electron chi connectivity index (χ2n) is 8.88. The number of ether oxygens (including phenoxy) is 2. The quantitative estimate of drug-likeness (QED) is 0.443. The van der Waals surface area contributed by atoms with Gasteiger partial charge in [-0.3, -0.25) is 4.90 Å². The fourth-order valence-electron chi connectivity index (χ4n) is 4.71. The molecule has 0 aromatic heterocycles. The van der Waals surface area contributed by atoms with Gasteiger partial charge < -0.3 is 19.9 Å². The van der Waals surface area contributed by atoms with Crippen molar-refractivity contribution in [3.8, 4) is 5.75 Å². The van der Waals surface area contributed by atoms with Crippen LogP contribution in [0.15, 0.2) is 58.8 Å². The van der Waals surface area contributed by atoms with Crippen LogP contribution in [0.25, 0.3) is 0 Å². The van der Waals surface area contributed by atoms with E-state index in [0.29, 0.717) is 17.3 Å². The van der Waals surface area contributed by atoms with Crippen LogP contribution in [0.2, 0.25) is 0 Å². The summed E-state index contributed by atoms with van der Waals surface area (Å²) in [6, 6.07) is 7.07. The summed E-state index contributed by atoms with van der Waals surface area (Å²) in [5, 5.41) is 14.4. The summed E-state index contributed by atoms with van der Waals surface area (Å²) in [5.41, 5.74) is 3.12. The van der Waals surface area contributed by atoms with Gasteiger partial charge in [0.25, 0.3) is 0 Å². The minimum absolute atomic E-state index is 0.0554. The van der Waals surface area contributed by atoms with Gasteiger partial charge in [0.15, 0.2) is 0 Å². The topological polar surface area (TPSA) is 117 Å². The van der Waals surface area contributed by atoms with Gasteiger partial charge in [-0.1, -0.05) is 35.9 Å². The maximum absolute atomic E-state index is 12.8. The van der Waals surface area contributed by atoms with Crippen molar-refractivity contribution in [1.82, 2.24) is 14.9 Å². The van der Waals surface area contributed by atoms with Crippen molar-refractivity contribution >= 4 is 27.7 Å². The Bertz CT molecular complexity index is 1160. The Morgan fingerprint density at radius 3 is 2.75 bits per heavy atom. The minimum atomic E-state index is -3.38. The van der Waals surface area contributed by atoms with E-state index >= 15 is 0 Å². The fourth-order valence-corrected chi connectivity index (χ4v) is 5.57. The number of halogens is 1. The van der Waals surface area contributed by atoms with E-state index in [1.165, 1.54) is 12.5 Å². The molecule has 0 saturated carbocycles. The number of amides is 1. The third kappa shape index (κ3) is 5.88. The highest BCUT2D eigenvalue weighted by Crippen LogP contribution is 2.44. The molecule has 36 heavy (non-hydrogen) atoms. The number of hydrogen-bond donors (Lipinski definition) is 3. The Balaban J connectivity index is 1.50. The minimum Gasteiger partial charge on any atom is -0.491 e. The van der Waals surface area contributed by atoms with Crippen LogP contribution in [0.3, 0.4) is 0 Å². The molecule has 3 aliphatic rings. The average molecular weight is 538 g/mol. The van der Waals surface area contributed by atoms with Crippen LogP contribution in [-0.4, -0.2) is 68.7 Å². The van der Waals surface area contributed by atoms with Crippen molar-refractivity contribution in [1.29, 1.82) is 0 Å². The van der Waals surface area contributed by atoms with Gasteiger partial charge in [0.1, 0.15) is 24.5 Å². The van der Waals surface area contributed by atoms with Crippen LogP contribution in [0.5, 0.6) is 5.75 Å². The Hall–Kier alpha value is -2.53. The number of aliphatic hydroxyl groups is 1. The number of allylic oxidation sites excluding steroid dienone is 2. The Morgan fingerprint density at radius 2 is 2.06 bits per heavy atom. The van der Waals surface area contributed by atoms with Crippen molar-refractivity contribution in [3.05, 3.63) is 64.4 Å². The van der Waals surface area contributed by atoms with Gasteiger partial charge in [-0.05, 0) is 49.6 Å². The maximum Gasteiger partial charge on any atom is 0.410 e. The van der Waals surface area contributed by atoms with Gasteiger partial charge in [-0.2, -0.15) is 0 Å². The standard InChI is InChI=1S/C25H32ClN3O6S/c1-3-34-25(31)29-12-11-20-21-13-17(26)7-10-22(21)28-23(20)24(29)16-5-8-19(9-6-16)35-15-18(30)14-27-36(32,33)4-2/h5-10,13,18,21-22,24,27-28,30H,3-4,11-12,14-15H2,1-2H3. The molecule has 4 unspecified atom stereocenters. The zero-order valence-electron chi connectivity index (χ0n) is 20.3. The number of fused-ring (bicyclic) bond motifs is 2. The Kier molecular flexibility index (Phi) is 8.29. The number of sulfonamides is 1. The molecule has 2 heterocycles. The summed E-state index contributed by atoms with van der Waals surface area (Å²) in [4.78, 5) is 14.6. The normalized spacial score (nSPS) is 23.9. The lowest BCUT2D eigenvalue weighted by molar-refractivity contribution is 0.0921. The van der Waals surface area contributed by atoms with Gasteiger partial charge in [-0.15, -0.1) is 0 Å². The van der Waals surface area contributed by atoms with Crippen molar-refractivity contribution in [3.63, 3.8) is 0 Å². The van der Waals surface area contributed by atoms with Crippen molar-refractivity contribution in [2.45, 2.75) is 38.5 Å². The van der Waals surface area contributed by atoms with Gasteiger partial charge in [0.2, 0.25) is 10.0 Å². The number of benzene rings is 1. The Morgan fingerprint density at radius 1 is 1.31 bits per heavy atom. The maximum atomic E-state index is 12.8. The molecular weight excluding hydrogens is 506 g/mol. The van der Waals surface area contributed by atoms with Crippen LogP contribution < -0.4 is 14.8 Å². The molecule has 1 amide bonds. The zero-order valence-corrected chi connectivity index (χ0v) is 21.9. The molecule has 0 radical (unpaired) electrons. The van der Waals surface area contributed by atoms with Crippen molar-refractivity contribution < 1.29 is 27.8 Å². The van der Waals surface area contributed by atoms with E-state index in [4.69, 9.17) is 21.1 Å². The van der Waals surface area contributed by atoms with E-state index in [2.05, 4.69) is 22.2 Å². The molecule has 11 heteroatoms. The van der Waals surface area contributed by atoms with E-state index in [0.717, 1.165) is 17.7 Å². The summed E-state index contributed by atoms with van der Waals surface area (Å²) in [6.07, 6.45) is 5.37. The smallest absolute Gasteiger partial charge is 0.410 e. The van der Waals surface area contributed by atoms with E-state index in [1.54, 1.807) is 24.0 Å². The van der Waals surface area contributed by atoms with E-state index in [9.17, 15) is 18.3 Å². The first kappa shape index (κ1) is 26.5. The summed E-state index contributed by atoms with van der Waals surface area (Å²) in [6.45, 7) is 3.94. The largest absolute Gasteiger partial charge is 0.491 e. The summed E-state index contributed by atoms with van der Waals surface area (Å²) in [5.74, 6) is 0.619. The van der Waals surface area contributed by atoms with Crippen LogP contribution in [0, 0.1) is 5.92 Å². The first-order valence-electron chi connectivity index (χ1n) is 12.1. The van der Waals surface area contributed by atoms with Crippen LogP contribution in [-0.2, 0) is 14.8 Å². The molecule has 1 aromatic carbocycles.